The third-order valence-electron chi connectivity index (χ3n) is 2.25. The number of nitrogens with zero attached hydrogens (tertiary/aromatic N) is 2. The normalized spacial score (nSPS) is 18.9. The minimum Gasteiger partial charge on any atom is -0.262 e. The molecule has 1 aliphatic rings. The van der Waals surface area contributed by atoms with Gasteiger partial charge in [0.15, 0.2) is 4.21 Å². The summed E-state index contributed by atoms with van der Waals surface area (Å²) in [6, 6.07) is 1.54. The van der Waals surface area contributed by atoms with E-state index in [1.54, 1.807) is 6.07 Å². The molecule has 1 aliphatic heterocycles. The molecule has 0 saturated heterocycles. The van der Waals surface area contributed by atoms with E-state index >= 15 is 0 Å². The van der Waals surface area contributed by atoms with Gasteiger partial charge in [0.2, 0.25) is 0 Å². The van der Waals surface area contributed by atoms with Crippen molar-refractivity contribution in [3.05, 3.63) is 10.4 Å². The van der Waals surface area contributed by atoms with Crippen LogP contribution in [-0.2, 0) is 10.0 Å². The van der Waals surface area contributed by atoms with Gasteiger partial charge in [-0.25, -0.2) is 5.84 Å². The number of anilines is 1. The Kier molecular flexibility index (Phi) is 2.77. The van der Waals surface area contributed by atoms with Crippen molar-refractivity contribution in [3.63, 3.8) is 0 Å². The minimum absolute atomic E-state index is 0.0954. The Hall–Kier alpha value is -0.630. The van der Waals surface area contributed by atoms with Gasteiger partial charge in [0.1, 0.15) is 5.84 Å². The molecule has 5 nitrogen and oxygen atoms in total. The number of amidine groups is 1. The van der Waals surface area contributed by atoms with Crippen molar-refractivity contribution in [2.75, 3.05) is 5.01 Å². The lowest BCUT2D eigenvalue weighted by Gasteiger charge is -2.31. The number of hydrogen-bond acceptors (Lipinski definition) is 5. The number of thiophene rings is 1. The Labute approximate surface area is 109 Å². The molecule has 1 aromatic rings. The molecule has 0 saturated carbocycles. The first-order valence-corrected chi connectivity index (χ1v) is 7.46. The molecule has 0 fully saturated rings. The molecule has 2 rings (SSSR count). The van der Waals surface area contributed by atoms with Gasteiger partial charge in [0.05, 0.1) is 10.0 Å². The zero-order chi connectivity index (χ0) is 13.0. The fraction of sp³-hybridized carbons (Fsp3) is 0.444. The van der Waals surface area contributed by atoms with E-state index in [4.69, 9.17) is 17.4 Å². The second-order valence-electron chi connectivity index (χ2n) is 4.73. The number of halogens is 1. The minimum atomic E-state index is -3.69. The van der Waals surface area contributed by atoms with Crippen molar-refractivity contribution in [2.45, 2.75) is 25.0 Å². The summed E-state index contributed by atoms with van der Waals surface area (Å²) in [5.41, 5.74) is -0.0755. The van der Waals surface area contributed by atoms with Gasteiger partial charge in [-0.1, -0.05) is 32.4 Å². The third-order valence-corrected chi connectivity index (χ3v) is 5.27. The van der Waals surface area contributed by atoms with Crippen LogP contribution >= 0.6 is 22.9 Å². The lowest BCUT2D eigenvalue weighted by atomic mass is 9.94. The predicted octanol–water partition coefficient (Wildman–Crippen LogP) is 2.23. The summed E-state index contributed by atoms with van der Waals surface area (Å²) in [5.74, 6) is 6.20. The summed E-state index contributed by atoms with van der Waals surface area (Å²) in [7, 11) is -3.69. The van der Waals surface area contributed by atoms with Crippen LogP contribution in [0.5, 0.6) is 0 Å². The van der Waals surface area contributed by atoms with Gasteiger partial charge in [-0.05, 0) is 6.07 Å². The van der Waals surface area contributed by atoms with E-state index in [0.717, 1.165) is 11.3 Å². The van der Waals surface area contributed by atoms with Gasteiger partial charge in [0, 0.05) is 5.41 Å². The van der Waals surface area contributed by atoms with Gasteiger partial charge < -0.3 is 0 Å². The van der Waals surface area contributed by atoms with Crippen molar-refractivity contribution in [3.8, 4) is 0 Å². The predicted molar refractivity (Wildman–Crippen MR) is 70.1 cm³/mol. The van der Waals surface area contributed by atoms with Crippen LogP contribution < -0.4 is 10.9 Å². The van der Waals surface area contributed by atoms with Crippen LogP contribution in [0.15, 0.2) is 14.7 Å². The summed E-state index contributed by atoms with van der Waals surface area (Å²) in [4.78, 5) is 0. The van der Waals surface area contributed by atoms with Crippen LogP contribution in [0.1, 0.15) is 20.8 Å². The van der Waals surface area contributed by atoms with Crippen LogP contribution in [0.4, 0.5) is 5.69 Å². The second-order valence-corrected chi connectivity index (χ2v) is 8.22. The summed E-state index contributed by atoms with van der Waals surface area (Å²) in [6.07, 6.45) is 0. The molecule has 0 spiro atoms. The lowest BCUT2D eigenvalue weighted by Crippen LogP contribution is -2.47. The van der Waals surface area contributed by atoms with Crippen molar-refractivity contribution in [1.82, 2.24) is 0 Å². The fourth-order valence-corrected chi connectivity index (χ4v) is 4.48. The van der Waals surface area contributed by atoms with E-state index < -0.39 is 15.4 Å². The van der Waals surface area contributed by atoms with Crippen LogP contribution in [0.25, 0.3) is 0 Å². The first-order chi connectivity index (χ1) is 7.63. The molecular weight excluding hydrogens is 282 g/mol. The molecular formula is C9H12ClN3O2S2. The monoisotopic (exact) mass is 293 g/mol. The molecule has 0 atom stereocenters. The highest BCUT2D eigenvalue weighted by molar-refractivity contribution is 7.92. The zero-order valence-electron chi connectivity index (χ0n) is 9.56. The zero-order valence-corrected chi connectivity index (χ0v) is 11.9. The van der Waals surface area contributed by atoms with E-state index in [0.29, 0.717) is 15.9 Å². The molecule has 0 bridgehead atoms. The number of nitrogens with two attached hydrogens (primary N) is 1. The fourth-order valence-electron chi connectivity index (χ4n) is 1.50. The average Bonchev–Trinajstić information content (AvgIpc) is 2.53. The molecule has 0 radical (unpaired) electrons. The van der Waals surface area contributed by atoms with Crippen molar-refractivity contribution in [1.29, 1.82) is 0 Å². The maximum absolute atomic E-state index is 12.0. The van der Waals surface area contributed by atoms with E-state index in [9.17, 15) is 8.42 Å². The highest BCUT2D eigenvalue weighted by Crippen LogP contribution is 2.41. The van der Waals surface area contributed by atoms with Gasteiger partial charge in [0.25, 0.3) is 10.0 Å². The first-order valence-electron chi connectivity index (χ1n) is 4.82. The van der Waals surface area contributed by atoms with Crippen LogP contribution in [-0.4, -0.2) is 14.3 Å². The Morgan fingerprint density at radius 2 is 2.06 bits per heavy atom. The smallest absolute Gasteiger partial charge is 0.262 e. The molecule has 2 heterocycles. The number of fused-ring (bicyclic) bond motifs is 1. The molecule has 2 N–H and O–H groups in total. The van der Waals surface area contributed by atoms with Crippen molar-refractivity contribution < 1.29 is 8.42 Å². The second kappa shape index (κ2) is 3.68. The van der Waals surface area contributed by atoms with Gasteiger partial charge in [-0.3, -0.25) is 5.01 Å². The topological polar surface area (TPSA) is 75.8 Å². The Morgan fingerprint density at radius 1 is 1.47 bits per heavy atom. The van der Waals surface area contributed by atoms with E-state index in [2.05, 4.69) is 4.40 Å². The first kappa shape index (κ1) is 12.8. The maximum Gasteiger partial charge on any atom is 0.295 e. The summed E-state index contributed by atoms with van der Waals surface area (Å²) < 4.78 is 28.2. The number of rotatable bonds is 0. The summed E-state index contributed by atoms with van der Waals surface area (Å²) >= 11 is 6.79. The van der Waals surface area contributed by atoms with E-state index in [1.807, 2.05) is 20.8 Å². The van der Waals surface area contributed by atoms with E-state index in [-0.39, 0.29) is 4.21 Å². The molecule has 17 heavy (non-hydrogen) atoms. The number of hydrazine groups is 1. The highest BCUT2D eigenvalue weighted by Gasteiger charge is 2.36. The Bertz CT molecular complexity index is 598. The SMILES string of the molecule is CC(C)(C)C1=NS(=O)(=O)c2sc(Cl)cc2N1N. The Balaban J connectivity index is 2.70. The third kappa shape index (κ3) is 2.08. The maximum atomic E-state index is 12.0. The van der Waals surface area contributed by atoms with Gasteiger partial charge in [-0.15, -0.1) is 15.7 Å². The molecule has 0 unspecified atom stereocenters. The molecule has 8 heteroatoms. The van der Waals surface area contributed by atoms with Crippen LogP contribution in [0.3, 0.4) is 0 Å². The molecule has 94 valence electrons. The lowest BCUT2D eigenvalue weighted by molar-refractivity contribution is 0.568. The average molecular weight is 294 g/mol. The highest BCUT2D eigenvalue weighted by atomic mass is 35.5. The number of hydrogen-bond donors (Lipinski definition) is 1. The van der Waals surface area contributed by atoms with Crippen LogP contribution in [0, 0.1) is 5.41 Å². The quantitative estimate of drug-likeness (QED) is 0.744. The van der Waals surface area contributed by atoms with Gasteiger partial charge in [-0.2, -0.15) is 8.42 Å². The molecule has 1 aromatic heterocycles. The standard InChI is InChI=1S/C9H12ClN3O2S2/c1-9(2,3)8-12-17(14,15)7-5(13(8)11)4-6(10)16-7/h4H,11H2,1-3H3. The molecule has 0 aliphatic carbocycles. The van der Waals surface area contributed by atoms with Crippen molar-refractivity contribution >= 4 is 44.5 Å². The molecule has 0 amide bonds. The largest absolute Gasteiger partial charge is 0.295 e. The summed E-state index contributed by atoms with van der Waals surface area (Å²) in [6.45, 7) is 5.54. The summed E-state index contributed by atoms with van der Waals surface area (Å²) in [5, 5.41) is 1.29. The van der Waals surface area contributed by atoms with E-state index in [1.165, 1.54) is 5.01 Å². The number of sulfonamides is 1. The Morgan fingerprint density at radius 3 is 2.59 bits per heavy atom. The van der Waals surface area contributed by atoms with Crippen molar-refractivity contribution in [2.24, 2.45) is 15.7 Å². The molecule has 0 aromatic carbocycles. The van der Waals surface area contributed by atoms with Gasteiger partial charge >= 0.3 is 0 Å². The van der Waals surface area contributed by atoms with Crippen LogP contribution in [0.2, 0.25) is 4.34 Å².